The highest BCUT2D eigenvalue weighted by molar-refractivity contribution is 5.62. The molecule has 3 atom stereocenters. The number of hydrogen-bond donors (Lipinski definition) is 3. The van der Waals surface area contributed by atoms with Gasteiger partial charge in [-0.1, -0.05) is 42.5 Å². The molecule has 1 fully saturated rings. The van der Waals surface area contributed by atoms with E-state index in [1.807, 2.05) is 30.3 Å². The topological polar surface area (TPSA) is 114 Å². The van der Waals surface area contributed by atoms with E-state index in [4.69, 9.17) is 9.47 Å². The molecule has 0 saturated carbocycles. The third-order valence-corrected chi connectivity index (χ3v) is 5.08. The van der Waals surface area contributed by atoms with Crippen molar-refractivity contribution in [2.24, 2.45) is 0 Å². The second-order valence-electron chi connectivity index (χ2n) is 7.12. The van der Waals surface area contributed by atoms with Crippen molar-refractivity contribution in [3.63, 3.8) is 0 Å². The lowest BCUT2D eigenvalue weighted by atomic mass is 10.1. The quantitative estimate of drug-likeness (QED) is 0.566. The SMILES string of the molecule is O=c1[nH]c(=O)n(C2CC(O)C(CO)O2)cc1-c1ccc(OCc2ccccc2)cc1. The summed E-state index contributed by atoms with van der Waals surface area (Å²) in [6, 6.07) is 16.8. The van der Waals surface area contributed by atoms with Crippen LogP contribution in [0.3, 0.4) is 0 Å². The minimum Gasteiger partial charge on any atom is -0.489 e. The van der Waals surface area contributed by atoms with Crippen molar-refractivity contribution in [3.05, 3.63) is 87.2 Å². The second kappa shape index (κ2) is 8.66. The molecule has 1 aromatic heterocycles. The molecule has 1 saturated heterocycles. The monoisotopic (exact) mass is 410 g/mol. The average Bonchev–Trinajstić information content (AvgIpc) is 3.14. The van der Waals surface area contributed by atoms with Gasteiger partial charge in [0, 0.05) is 12.6 Å². The molecule has 0 aliphatic carbocycles. The summed E-state index contributed by atoms with van der Waals surface area (Å²) in [5.74, 6) is 0.653. The van der Waals surface area contributed by atoms with Crippen molar-refractivity contribution < 1.29 is 19.7 Å². The van der Waals surface area contributed by atoms with Crippen molar-refractivity contribution in [1.29, 1.82) is 0 Å². The normalized spacial score (nSPS) is 20.9. The molecular weight excluding hydrogens is 388 g/mol. The summed E-state index contributed by atoms with van der Waals surface area (Å²) in [5, 5.41) is 19.2. The molecule has 2 aromatic carbocycles. The van der Waals surface area contributed by atoms with Crippen LogP contribution < -0.4 is 16.0 Å². The van der Waals surface area contributed by atoms with Gasteiger partial charge >= 0.3 is 5.69 Å². The molecule has 156 valence electrons. The maximum Gasteiger partial charge on any atom is 0.330 e. The summed E-state index contributed by atoms with van der Waals surface area (Å²) in [7, 11) is 0. The van der Waals surface area contributed by atoms with Crippen LogP contribution in [0.5, 0.6) is 5.75 Å². The fourth-order valence-corrected chi connectivity index (χ4v) is 3.43. The summed E-state index contributed by atoms with van der Waals surface area (Å²) in [6.07, 6.45) is -0.864. The molecule has 0 bridgehead atoms. The summed E-state index contributed by atoms with van der Waals surface area (Å²) in [4.78, 5) is 26.9. The maximum atomic E-state index is 12.4. The minimum absolute atomic E-state index is 0.142. The zero-order valence-corrected chi connectivity index (χ0v) is 16.1. The first kappa shape index (κ1) is 20.1. The van der Waals surface area contributed by atoms with Crippen molar-refractivity contribution in [2.75, 3.05) is 6.61 Å². The number of aliphatic hydroxyl groups excluding tert-OH is 2. The summed E-state index contributed by atoms with van der Waals surface area (Å²) < 4.78 is 12.5. The molecule has 3 aromatic rings. The lowest BCUT2D eigenvalue weighted by molar-refractivity contribution is -0.0458. The Balaban J connectivity index is 1.55. The van der Waals surface area contributed by atoms with Gasteiger partial charge in [0.05, 0.1) is 18.3 Å². The van der Waals surface area contributed by atoms with Crippen LogP contribution in [0.25, 0.3) is 11.1 Å². The van der Waals surface area contributed by atoms with E-state index in [2.05, 4.69) is 4.98 Å². The minimum atomic E-state index is -0.886. The van der Waals surface area contributed by atoms with Crippen LogP contribution in [0, 0.1) is 0 Å². The Morgan fingerprint density at radius 3 is 2.50 bits per heavy atom. The number of H-pyrrole nitrogens is 1. The smallest absolute Gasteiger partial charge is 0.330 e. The van der Waals surface area contributed by atoms with Crippen molar-refractivity contribution in [1.82, 2.24) is 9.55 Å². The van der Waals surface area contributed by atoms with Crippen LogP contribution in [0.15, 0.2) is 70.4 Å². The molecular formula is C22H22N2O6. The van der Waals surface area contributed by atoms with Crippen molar-refractivity contribution in [2.45, 2.75) is 31.5 Å². The lowest BCUT2D eigenvalue weighted by Crippen LogP contribution is -2.33. The van der Waals surface area contributed by atoms with Gasteiger partial charge in [-0.05, 0) is 23.3 Å². The van der Waals surface area contributed by atoms with Crippen molar-refractivity contribution in [3.8, 4) is 16.9 Å². The van der Waals surface area contributed by atoms with E-state index < -0.39 is 29.7 Å². The van der Waals surface area contributed by atoms with Gasteiger partial charge in [-0.2, -0.15) is 0 Å². The molecule has 3 unspecified atom stereocenters. The molecule has 0 spiro atoms. The molecule has 1 aliphatic heterocycles. The molecule has 0 amide bonds. The van der Waals surface area contributed by atoms with Gasteiger partial charge in [-0.3, -0.25) is 14.3 Å². The van der Waals surface area contributed by atoms with E-state index in [1.54, 1.807) is 24.3 Å². The van der Waals surface area contributed by atoms with Gasteiger partial charge in [0.2, 0.25) is 0 Å². The zero-order chi connectivity index (χ0) is 21.1. The van der Waals surface area contributed by atoms with Crippen LogP contribution in [0.2, 0.25) is 0 Å². The largest absolute Gasteiger partial charge is 0.489 e. The summed E-state index contributed by atoms with van der Waals surface area (Å²) in [6.45, 7) is 0.0755. The molecule has 4 rings (SSSR count). The van der Waals surface area contributed by atoms with Crippen LogP contribution in [-0.4, -0.2) is 38.6 Å². The van der Waals surface area contributed by atoms with E-state index >= 15 is 0 Å². The van der Waals surface area contributed by atoms with Gasteiger partial charge in [-0.15, -0.1) is 0 Å². The van der Waals surface area contributed by atoms with E-state index in [0.29, 0.717) is 17.9 Å². The Morgan fingerprint density at radius 2 is 1.83 bits per heavy atom. The van der Waals surface area contributed by atoms with Gasteiger partial charge in [0.15, 0.2) is 0 Å². The standard InChI is InChI=1S/C22H22N2O6/c25-12-19-18(26)10-20(30-19)24-11-17(21(27)23-22(24)28)15-6-8-16(9-7-15)29-13-14-4-2-1-3-5-14/h1-9,11,18-20,25-26H,10,12-13H2,(H,23,27,28). The predicted octanol–water partition coefficient (Wildman–Crippen LogP) is 1.42. The fraction of sp³-hybridized carbons (Fsp3) is 0.273. The molecule has 2 heterocycles. The average molecular weight is 410 g/mol. The number of benzene rings is 2. The highest BCUT2D eigenvalue weighted by Crippen LogP contribution is 2.28. The number of aliphatic hydroxyl groups is 2. The summed E-state index contributed by atoms with van der Waals surface area (Å²) in [5.41, 5.74) is 0.780. The third-order valence-electron chi connectivity index (χ3n) is 5.08. The molecule has 1 aliphatic rings. The number of hydrogen-bond acceptors (Lipinski definition) is 6. The summed E-state index contributed by atoms with van der Waals surface area (Å²) >= 11 is 0. The predicted molar refractivity (Wildman–Crippen MR) is 109 cm³/mol. The fourth-order valence-electron chi connectivity index (χ4n) is 3.43. The number of rotatable bonds is 6. The zero-order valence-electron chi connectivity index (χ0n) is 16.1. The first-order valence-electron chi connectivity index (χ1n) is 9.62. The Hall–Kier alpha value is -3.20. The molecule has 8 nitrogen and oxygen atoms in total. The Kier molecular flexibility index (Phi) is 5.80. The molecule has 0 radical (unpaired) electrons. The maximum absolute atomic E-state index is 12.4. The lowest BCUT2D eigenvalue weighted by Gasteiger charge is -2.15. The highest BCUT2D eigenvalue weighted by atomic mass is 16.5. The van der Waals surface area contributed by atoms with Gasteiger partial charge in [-0.25, -0.2) is 4.79 Å². The first-order chi connectivity index (χ1) is 14.5. The van der Waals surface area contributed by atoms with E-state index in [1.165, 1.54) is 10.8 Å². The van der Waals surface area contributed by atoms with Crippen LogP contribution >= 0.6 is 0 Å². The molecule has 8 heteroatoms. The van der Waals surface area contributed by atoms with E-state index in [9.17, 15) is 19.8 Å². The first-order valence-corrected chi connectivity index (χ1v) is 9.62. The molecule has 3 N–H and O–H groups in total. The number of aromatic nitrogens is 2. The Morgan fingerprint density at radius 1 is 1.10 bits per heavy atom. The number of aromatic amines is 1. The number of nitrogens with zero attached hydrogens (tertiary/aromatic N) is 1. The third kappa shape index (κ3) is 4.20. The van der Waals surface area contributed by atoms with Gasteiger partial charge in [0.1, 0.15) is 24.7 Å². The van der Waals surface area contributed by atoms with E-state index in [-0.39, 0.29) is 18.6 Å². The molecule has 30 heavy (non-hydrogen) atoms. The van der Waals surface area contributed by atoms with E-state index in [0.717, 1.165) is 5.56 Å². The van der Waals surface area contributed by atoms with Crippen molar-refractivity contribution >= 4 is 0 Å². The van der Waals surface area contributed by atoms with Crippen LogP contribution in [-0.2, 0) is 11.3 Å². The number of nitrogens with one attached hydrogen (secondary N) is 1. The Labute approximate surface area is 172 Å². The van der Waals surface area contributed by atoms with Crippen LogP contribution in [0.4, 0.5) is 0 Å². The number of ether oxygens (including phenoxy) is 2. The van der Waals surface area contributed by atoms with Crippen LogP contribution in [0.1, 0.15) is 18.2 Å². The highest BCUT2D eigenvalue weighted by Gasteiger charge is 2.35. The van der Waals surface area contributed by atoms with Gasteiger partial charge < -0.3 is 19.7 Å². The Bertz CT molecular complexity index is 1110. The second-order valence-corrected chi connectivity index (χ2v) is 7.12. The van der Waals surface area contributed by atoms with Gasteiger partial charge in [0.25, 0.3) is 5.56 Å².